The zero-order valence-corrected chi connectivity index (χ0v) is 20.3. The van der Waals surface area contributed by atoms with Gasteiger partial charge >= 0.3 is 39.9 Å². The Balaban J connectivity index is 0.000000339. The van der Waals surface area contributed by atoms with Gasteiger partial charge in [-0.25, -0.2) is 0 Å². The van der Waals surface area contributed by atoms with E-state index in [0.717, 1.165) is 17.8 Å². The van der Waals surface area contributed by atoms with Crippen molar-refractivity contribution in [2.75, 3.05) is 0 Å². The molecule has 0 atom stereocenters. The van der Waals surface area contributed by atoms with Crippen LogP contribution >= 0.6 is 0 Å². The average molecular weight is 491 g/mol. The molecule has 3 fully saturated rings. The predicted octanol–water partition coefficient (Wildman–Crippen LogP) is 8.37. The van der Waals surface area contributed by atoms with Gasteiger partial charge in [0.05, 0.1) is 0 Å². The molecule has 25 heavy (non-hydrogen) atoms. The second-order valence-corrected chi connectivity index (χ2v) is 9.06. The van der Waals surface area contributed by atoms with Gasteiger partial charge in [0.15, 0.2) is 0 Å². The normalized spacial score (nSPS) is 22.0. The fourth-order valence-electron chi connectivity index (χ4n) is 4.22. The van der Waals surface area contributed by atoms with E-state index in [1.165, 1.54) is 77.0 Å². The van der Waals surface area contributed by atoms with Gasteiger partial charge in [-0.3, -0.25) is 0 Å². The van der Waals surface area contributed by atoms with Crippen LogP contribution in [0.3, 0.4) is 0 Å². The molecule has 0 aromatic carbocycles. The SMILES string of the molecule is CC(C)[C-]1CCCC1.CC(C)[C-]1CCCC1.CC(C)[C-]1CCCC1.[Gd+3]. The molecule has 1 heteroatoms. The fourth-order valence-corrected chi connectivity index (χ4v) is 4.22. The maximum absolute atomic E-state index is 2.31. The summed E-state index contributed by atoms with van der Waals surface area (Å²) < 4.78 is 0. The van der Waals surface area contributed by atoms with E-state index in [1.54, 1.807) is 17.8 Å². The molecule has 0 N–H and O–H groups in total. The standard InChI is InChI=1S/3C8H15.Gd/c3*1-7(2)8-5-3-4-6-8;/h3*7H,3-6H2,1-2H3;/q3*-1;+3. The van der Waals surface area contributed by atoms with Crippen molar-refractivity contribution in [2.24, 2.45) is 17.8 Å². The predicted molar refractivity (Wildman–Crippen MR) is 110 cm³/mol. The number of hydrogen-bond acceptors (Lipinski definition) is 0. The quantitative estimate of drug-likeness (QED) is 0.349. The second kappa shape index (κ2) is 15.3. The van der Waals surface area contributed by atoms with Gasteiger partial charge in [-0.05, 0) is 0 Å². The molecule has 3 aliphatic carbocycles. The van der Waals surface area contributed by atoms with Crippen molar-refractivity contribution in [2.45, 2.75) is 119 Å². The number of rotatable bonds is 3. The topological polar surface area (TPSA) is 0 Å². The maximum Gasteiger partial charge on any atom is 3.00 e. The Morgan fingerprint density at radius 3 is 0.640 bits per heavy atom. The van der Waals surface area contributed by atoms with Crippen molar-refractivity contribution in [3.8, 4) is 0 Å². The van der Waals surface area contributed by atoms with Gasteiger partial charge in [0, 0.05) is 0 Å². The summed E-state index contributed by atoms with van der Waals surface area (Å²) >= 11 is 0. The summed E-state index contributed by atoms with van der Waals surface area (Å²) in [5.74, 6) is 7.97. The largest absolute Gasteiger partial charge is 3.00 e. The third kappa shape index (κ3) is 11.7. The van der Waals surface area contributed by atoms with Crippen molar-refractivity contribution in [1.82, 2.24) is 0 Å². The monoisotopic (exact) mass is 491 g/mol. The Labute approximate surface area is 192 Å². The van der Waals surface area contributed by atoms with E-state index in [-0.39, 0.29) is 39.9 Å². The molecule has 149 valence electrons. The Bertz CT molecular complexity index is 229. The first-order valence-electron chi connectivity index (χ1n) is 11.0. The summed E-state index contributed by atoms with van der Waals surface area (Å²) in [4.78, 5) is 0. The smallest absolute Gasteiger partial charge is 0.311 e. The molecule has 0 saturated heterocycles. The number of hydrogen-bond donors (Lipinski definition) is 0. The first kappa shape index (κ1) is 26.3. The molecule has 3 rings (SSSR count). The van der Waals surface area contributed by atoms with Crippen LogP contribution < -0.4 is 0 Å². The first-order chi connectivity index (χ1) is 11.4. The Kier molecular flexibility index (Phi) is 16.1. The molecule has 0 nitrogen and oxygen atoms in total. The summed E-state index contributed by atoms with van der Waals surface area (Å²) in [7, 11) is 0. The average Bonchev–Trinajstić information content (AvgIpc) is 3.29. The molecule has 3 aliphatic rings. The van der Waals surface area contributed by atoms with Crippen LogP contribution in [-0.2, 0) is 0 Å². The van der Waals surface area contributed by atoms with Crippen LogP contribution in [-0.4, -0.2) is 0 Å². The summed E-state index contributed by atoms with van der Waals surface area (Å²) in [5.41, 5.74) is 0. The van der Waals surface area contributed by atoms with Crippen molar-refractivity contribution in [3.05, 3.63) is 17.8 Å². The molecular formula is C24H45Gd. The zero-order valence-electron chi connectivity index (χ0n) is 18.1. The molecule has 0 amide bonds. The van der Waals surface area contributed by atoms with Gasteiger partial charge in [0.2, 0.25) is 0 Å². The Morgan fingerprint density at radius 2 is 0.560 bits per heavy atom. The zero-order chi connectivity index (χ0) is 17.9. The minimum Gasteiger partial charge on any atom is -0.311 e. The Hall–Kier alpha value is 1.32. The molecule has 0 spiro atoms. The summed E-state index contributed by atoms with van der Waals surface area (Å²) in [6.07, 6.45) is 17.2. The van der Waals surface area contributed by atoms with Crippen LogP contribution in [0.4, 0.5) is 0 Å². The second-order valence-electron chi connectivity index (χ2n) is 9.06. The van der Waals surface area contributed by atoms with Crippen LogP contribution in [0.2, 0.25) is 0 Å². The molecule has 0 unspecified atom stereocenters. The van der Waals surface area contributed by atoms with Gasteiger partial charge in [-0.15, -0.1) is 0 Å². The third-order valence-corrected chi connectivity index (χ3v) is 6.19. The maximum atomic E-state index is 2.31. The van der Waals surface area contributed by atoms with Crippen molar-refractivity contribution < 1.29 is 39.9 Å². The van der Waals surface area contributed by atoms with Crippen LogP contribution in [0.5, 0.6) is 0 Å². The molecule has 1 radical (unpaired) electrons. The minimum absolute atomic E-state index is 0. The van der Waals surface area contributed by atoms with E-state index in [0.29, 0.717) is 0 Å². The van der Waals surface area contributed by atoms with Crippen LogP contribution in [0.1, 0.15) is 119 Å². The summed E-state index contributed by atoms with van der Waals surface area (Å²) in [5, 5.41) is 0. The van der Waals surface area contributed by atoms with E-state index in [9.17, 15) is 0 Å². The van der Waals surface area contributed by atoms with Crippen molar-refractivity contribution >= 4 is 0 Å². The van der Waals surface area contributed by atoms with Gasteiger partial charge in [-0.1, -0.05) is 80.1 Å². The minimum atomic E-state index is 0. The molecule has 0 bridgehead atoms. The molecule has 0 aromatic heterocycles. The van der Waals surface area contributed by atoms with E-state index in [4.69, 9.17) is 0 Å². The van der Waals surface area contributed by atoms with E-state index in [2.05, 4.69) is 41.5 Å². The van der Waals surface area contributed by atoms with Crippen LogP contribution in [0.25, 0.3) is 0 Å². The van der Waals surface area contributed by atoms with Gasteiger partial charge in [-0.2, -0.15) is 56.3 Å². The van der Waals surface area contributed by atoms with E-state index in [1.807, 2.05) is 0 Å². The summed E-state index contributed by atoms with van der Waals surface area (Å²) in [6.45, 7) is 13.8. The molecular weight excluding hydrogens is 446 g/mol. The van der Waals surface area contributed by atoms with E-state index >= 15 is 0 Å². The van der Waals surface area contributed by atoms with E-state index < -0.39 is 0 Å². The molecule has 0 aromatic rings. The fraction of sp³-hybridized carbons (Fsp3) is 0.875. The Morgan fingerprint density at radius 1 is 0.400 bits per heavy atom. The third-order valence-electron chi connectivity index (χ3n) is 6.19. The molecule has 0 heterocycles. The van der Waals surface area contributed by atoms with Crippen molar-refractivity contribution in [1.29, 1.82) is 0 Å². The van der Waals surface area contributed by atoms with Gasteiger partial charge in [0.1, 0.15) is 0 Å². The molecule has 0 aliphatic heterocycles. The van der Waals surface area contributed by atoms with Crippen molar-refractivity contribution in [3.63, 3.8) is 0 Å². The van der Waals surface area contributed by atoms with Gasteiger partial charge in [0.25, 0.3) is 0 Å². The summed E-state index contributed by atoms with van der Waals surface area (Å²) in [6, 6.07) is 0. The first-order valence-corrected chi connectivity index (χ1v) is 11.0. The molecule has 3 saturated carbocycles. The van der Waals surface area contributed by atoms with Gasteiger partial charge < -0.3 is 17.8 Å². The van der Waals surface area contributed by atoms with Crippen LogP contribution in [0.15, 0.2) is 0 Å². The van der Waals surface area contributed by atoms with Crippen LogP contribution in [0, 0.1) is 75.4 Å².